The van der Waals surface area contributed by atoms with E-state index in [-0.39, 0.29) is 0 Å². The van der Waals surface area contributed by atoms with E-state index in [0.29, 0.717) is 0 Å². The maximum Gasteiger partial charge on any atom is 0.0489 e. The van der Waals surface area contributed by atoms with Crippen molar-refractivity contribution >= 4 is 0 Å². The van der Waals surface area contributed by atoms with Crippen LogP contribution in [0, 0.1) is 5.92 Å². The highest BCUT2D eigenvalue weighted by molar-refractivity contribution is 4.80. The zero-order chi connectivity index (χ0) is 15.2. The first-order chi connectivity index (χ1) is 10.8. The lowest BCUT2D eigenvalue weighted by atomic mass is 9.97. The molecule has 5 heteroatoms. The van der Waals surface area contributed by atoms with Gasteiger partial charge in [0.1, 0.15) is 0 Å². The van der Waals surface area contributed by atoms with Gasteiger partial charge in [-0.3, -0.25) is 4.68 Å². The molecule has 0 unspecified atom stereocenters. The Morgan fingerprint density at radius 2 is 1.91 bits per heavy atom. The van der Waals surface area contributed by atoms with Gasteiger partial charge >= 0.3 is 0 Å². The minimum Gasteiger partial charge on any atom is -0.304 e. The number of piperazine rings is 1. The Labute approximate surface area is 134 Å². The van der Waals surface area contributed by atoms with Crippen molar-refractivity contribution in [2.45, 2.75) is 25.8 Å². The Bertz CT molecular complexity index is 411. The van der Waals surface area contributed by atoms with Crippen LogP contribution in [0.25, 0.3) is 0 Å². The molecule has 0 spiro atoms. The Hall–Kier alpha value is -0.910. The molecular weight excluding hydrogens is 274 g/mol. The number of nitrogens with zero attached hydrogens (tertiary/aromatic N) is 5. The quantitative estimate of drug-likeness (QED) is 0.790. The molecule has 2 aliphatic rings. The molecule has 2 fully saturated rings. The standard InChI is InChI=1S/C17H31N5/c1-19-11-13-21(14-12-19)16-17-5-2-7-20(15-17)8-4-10-22-9-3-6-18-22/h3,6,9,17H,2,4-5,7-8,10-16H2,1H3/t17-/m0/s1. The van der Waals surface area contributed by atoms with Crippen molar-refractivity contribution in [3.63, 3.8) is 0 Å². The lowest BCUT2D eigenvalue weighted by Gasteiger charge is -2.38. The van der Waals surface area contributed by atoms with E-state index < -0.39 is 0 Å². The van der Waals surface area contributed by atoms with Crippen LogP contribution in [-0.2, 0) is 6.54 Å². The molecule has 0 aliphatic carbocycles. The molecule has 1 atom stereocenters. The van der Waals surface area contributed by atoms with Crippen LogP contribution in [0.15, 0.2) is 18.5 Å². The minimum absolute atomic E-state index is 0.877. The first kappa shape index (κ1) is 16.0. The van der Waals surface area contributed by atoms with E-state index in [4.69, 9.17) is 0 Å². The largest absolute Gasteiger partial charge is 0.304 e. The predicted molar refractivity (Wildman–Crippen MR) is 89.9 cm³/mol. The van der Waals surface area contributed by atoms with E-state index >= 15 is 0 Å². The third-order valence-corrected chi connectivity index (χ3v) is 5.14. The van der Waals surface area contributed by atoms with Gasteiger partial charge in [-0.15, -0.1) is 0 Å². The van der Waals surface area contributed by atoms with E-state index in [1.807, 2.05) is 16.9 Å². The van der Waals surface area contributed by atoms with E-state index in [1.54, 1.807) is 0 Å². The highest BCUT2D eigenvalue weighted by Crippen LogP contribution is 2.18. The molecule has 0 radical (unpaired) electrons. The van der Waals surface area contributed by atoms with Gasteiger partial charge in [0.15, 0.2) is 0 Å². The Morgan fingerprint density at radius 3 is 2.68 bits per heavy atom. The van der Waals surface area contributed by atoms with Crippen molar-refractivity contribution in [2.24, 2.45) is 5.92 Å². The van der Waals surface area contributed by atoms with Gasteiger partial charge in [-0.1, -0.05) is 0 Å². The van der Waals surface area contributed by atoms with Crippen LogP contribution in [0.5, 0.6) is 0 Å². The number of hydrogen-bond donors (Lipinski definition) is 0. The minimum atomic E-state index is 0.877. The van der Waals surface area contributed by atoms with E-state index in [1.165, 1.54) is 71.6 Å². The number of aromatic nitrogens is 2. The van der Waals surface area contributed by atoms with Crippen molar-refractivity contribution in [3.05, 3.63) is 18.5 Å². The molecule has 0 saturated carbocycles. The Kier molecular flexibility index (Phi) is 5.87. The number of piperidine rings is 1. The van der Waals surface area contributed by atoms with E-state index in [9.17, 15) is 0 Å². The lowest BCUT2D eigenvalue weighted by molar-refractivity contribution is 0.0982. The molecule has 124 valence electrons. The summed E-state index contributed by atoms with van der Waals surface area (Å²) in [7, 11) is 2.24. The van der Waals surface area contributed by atoms with Crippen LogP contribution in [0.4, 0.5) is 0 Å². The smallest absolute Gasteiger partial charge is 0.0489 e. The third kappa shape index (κ3) is 4.80. The van der Waals surface area contributed by atoms with Crippen molar-refractivity contribution < 1.29 is 0 Å². The van der Waals surface area contributed by atoms with Crippen LogP contribution in [0.3, 0.4) is 0 Å². The number of rotatable bonds is 6. The molecule has 0 amide bonds. The Balaban J connectivity index is 1.35. The molecule has 1 aromatic heterocycles. The second-order valence-corrected chi connectivity index (χ2v) is 7.04. The van der Waals surface area contributed by atoms with Crippen LogP contribution in [0.2, 0.25) is 0 Å². The normalized spacial score (nSPS) is 25.6. The van der Waals surface area contributed by atoms with Crippen LogP contribution >= 0.6 is 0 Å². The number of likely N-dealkylation sites (N-methyl/N-ethyl adjacent to an activating group) is 1. The maximum atomic E-state index is 4.28. The van der Waals surface area contributed by atoms with Gasteiger partial charge in [-0.05, 0) is 51.4 Å². The number of aryl methyl sites for hydroxylation is 1. The van der Waals surface area contributed by atoms with Crippen molar-refractivity contribution in [3.8, 4) is 0 Å². The van der Waals surface area contributed by atoms with Crippen molar-refractivity contribution in [1.29, 1.82) is 0 Å². The molecule has 3 heterocycles. The van der Waals surface area contributed by atoms with E-state index in [2.05, 4.69) is 33.0 Å². The predicted octanol–water partition coefficient (Wildman–Crippen LogP) is 1.23. The average Bonchev–Trinajstić information content (AvgIpc) is 3.03. The highest BCUT2D eigenvalue weighted by Gasteiger charge is 2.23. The van der Waals surface area contributed by atoms with Gasteiger partial charge < -0.3 is 14.7 Å². The summed E-state index contributed by atoms with van der Waals surface area (Å²) in [5, 5.41) is 4.28. The van der Waals surface area contributed by atoms with Crippen LogP contribution in [-0.4, -0.2) is 83.9 Å². The zero-order valence-corrected chi connectivity index (χ0v) is 14.0. The molecule has 2 aliphatic heterocycles. The summed E-state index contributed by atoms with van der Waals surface area (Å²) in [6, 6.07) is 2.01. The highest BCUT2D eigenvalue weighted by atomic mass is 15.3. The SMILES string of the molecule is CN1CCN(C[C@H]2CCCN(CCCn3cccn3)C2)CC1. The Morgan fingerprint density at radius 1 is 1.05 bits per heavy atom. The van der Waals surface area contributed by atoms with Gasteiger partial charge in [-0.25, -0.2) is 0 Å². The summed E-state index contributed by atoms with van der Waals surface area (Å²) in [5.74, 6) is 0.877. The third-order valence-electron chi connectivity index (χ3n) is 5.14. The molecule has 3 rings (SSSR count). The van der Waals surface area contributed by atoms with Crippen LogP contribution in [0.1, 0.15) is 19.3 Å². The molecular formula is C17H31N5. The second-order valence-electron chi connectivity index (χ2n) is 7.04. The first-order valence-corrected chi connectivity index (χ1v) is 8.90. The number of hydrogen-bond acceptors (Lipinski definition) is 4. The summed E-state index contributed by atoms with van der Waals surface area (Å²) in [6.07, 6.45) is 7.93. The van der Waals surface area contributed by atoms with Gasteiger partial charge in [0.25, 0.3) is 0 Å². The summed E-state index contributed by atoms with van der Waals surface area (Å²) in [4.78, 5) is 7.80. The van der Waals surface area contributed by atoms with Gasteiger partial charge in [-0.2, -0.15) is 5.10 Å². The van der Waals surface area contributed by atoms with Crippen LogP contribution < -0.4 is 0 Å². The molecule has 22 heavy (non-hydrogen) atoms. The molecule has 0 N–H and O–H groups in total. The molecule has 0 aromatic carbocycles. The fourth-order valence-electron chi connectivity index (χ4n) is 3.79. The zero-order valence-electron chi connectivity index (χ0n) is 14.0. The molecule has 1 aromatic rings. The maximum absolute atomic E-state index is 4.28. The summed E-state index contributed by atoms with van der Waals surface area (Å²) in [6.45, 7) is 11.2. The summed E-state index contributed by atoms with van der Waals surface area (Å²) in [5.41, 5.74) is 0. The number of likely N-dealkylation sites (tertiary alicyclic amines) is 1. The monoisotopic (exact) mass is 305 g/mol. The first-order valence-electron chi connectivity index (χ1n) is 8.90. The van der Waals surface area contributed by atoms with Gasteiger partial charge in [0.05, 0.1) is 0 Å². The molecule has 2 saturated heterocycles. The topological polar surface area (TPSA) is 27.5 Å². The molecule has 5 nitrogen and oxygen atoms in total. The fraction of sp³-hybridized carbons (Fsp3) is 0.824. The van der Waals surface area contributed by atoms with Crippen molar-refractivity contribution in [2.75, 3.05) is 59.4 Å². The van der Waals surface area contributed by atoms with E-state index in [0.717, 1.165) is 12.5 Å². The van der Waals surface area contributed by atoms with Gasteiger partial charge in [0.2, 0.25) is 0 Å². The summed E-state index contributed by atoms with van der Waals surface area (Å²) >= 11 is 0. The molecule has 0 bridgehead atoms. The van der Waals surface area contributed by atoms with Gasteiger partial charge in [0, 0.05) is 58.2 Å². The lowest BCUT2D eigenvalue weighted by Crippen LogP contribution is -2.48. The average molecular weight is 305 g/mol. The fourth-order valence-corrected chi connectivity index (χ4v) is 3.79. The second kappa shape index (κ2) is 8.09. The summed E-state index contributed by atoms with van der Waals surface area (Å²) < 4.78 is 2.05. The van der Waals surface area contributed by atoms with Crippen molar-refractivity contribution in [1.82, 2.24) is 24.5 Å².